The Bertz CT molecular complexity index is 395. The highest BCUT2D eigenvalue weighted by Gasteiger charge is 2.20. The van der Waals surface area contributed by atoms with Crippen LogP contribution < -0.4 is 16.0 Å². The lowest BCUT2D eigenvalue weighted by molar-refractivity contribution is -0.119. The fourth-order valence-corrected chi connectivity index (χ4v) is 1.79. The van der Waals surface area contributed by atoms with Crippen LogP contribution in [0.5, 0.6) is 0 Å². The second kappa shape index (κ2) is 5.47. The number of carbonyl (C=O) groups excluding carboxylic acids is 1. The van der Waals surface area contributed by atoms with Crippen molar-refractivity contribution in [1.29, 1.82) is 0 Å². The summed E-state index contributed by atoms with van der Waals surface area (Å²) in [4.78, 5) is 19.2. The summed E-state index contributed by atoms with van der Waals surface area (Å²) in [6.07, 6.45) is 3.03. The van der Waals surface area contributed by atoms with Crippen molar-refractivity contribution in [2.24, 2.45) is 0 Å². The number of amides is 1. The molecule has 6 nitrogen and oxygen atoms in total. The van der Waals surface area contributed by atoms with Crippen molar-refractivity contribution in [3.8, 4) is 0 Å². The molecule has 17 heavy (non-hydrogen) atoms. The minimum absolute atomic E-state index is 0.132. The highest BCUT2D eigenvalue weighted by molar-refractivity contribution is 5.78. The number of aromatic nitrogens is 2. The van der Waals surface area contributed by atoms with E-state index in [0.717, 1.165) is 24.6 Å². The first-order chi connectivity index (χ1) is 8.28. The number of anilines is 2. The quantitative estimate of drug-likeness (QED) is 0.696. The molecular formula is C11H17N5O. The third-order valence-electron chi connectivity index (χ3n) is 2.64. The van der Waals surface area contributed by atoms with E-state index in [9.17, 15) is 4.79 Å². The predicted octanol–water partition coefficient (Wildman–Crippen LogP) is 0.599. The van der Waals surface area contributed by atoms with Crippen molar-refractivity contribution in [2.45, 2.75) is 25.8 Å². The van der Waals surface area contributed by atoms with Crippen molar-refractivity contribution >= 4 is 17.5 Å². The molecule has 1 aromatic rings. The molecule has 6 heteroatoms. The molecule has 0 saturated carbocycles. The van der Waals surface area contributed by atoms with Gasteiger partial charge in [0.15, 0.2) is 0 Å². The smallest absolute Gasteiger partial charge is 0.220 e. The summed E-state index contributed by atoms with van der Waals surface area (Å²) in [7, 11) is 0. The van der Waals surface area contributed by atoms with Crippen LogP contribution in [0.15, 0.2) is 12.4 Å². The molecule has 2 heterocycles. The van der Waals surface area contributed by atoms with Crippen LogP contribution in [-0.4, -0.2) is 35.0 Å². The molecule has 1 unspecified atom stereocenters. The Kier molecular flexibility index (Phi) is 3.74. The zero-order valence-corrected chi connectivity index (χ0v) is 9.86. The van der Waals surface area contributed by atoms with Crippen molar-refractivity contribution < 1.29 is 4.79 Å². The average Bonchev–Trinajstić information content (AvgIpc) is 2.74. The largest absolute Gasteiger partial charge is 0.370 e. The van der Waals surface area contributed by atoms with Gasteiger partial charge in [-0.1, -0.05) is 0 Å². The molecule has 0 bridgehead atoms. The van der Waals surface area contributed by atoms with E-state index < -0.39 is 0 Å². The summed E-state index contributed by atoms with van der Waals surface area (Å²) in [6.45, 7) is 3.55. The van der Waals surface area contributed by atoms with Crippen LogP contribution in [0, 0.1) is 0 Å². The van der Waals surface area contributed by atoms with Gasteiger partial charge < -0.3 is 16.0 Å². The van der Waals surface area contributed by atoms with Crippen LogP contribution in [0.3, 0.4) is 0 Å². The monoisotopic (exact) mass is 235 g/mol. The van der Waals surface area contributed by atoms with Crippen molar-refractivity contribution in [1.82, 2.24) is 15.3 Å². The summed E-state index contributed by atoms with van der Waals surface area (Å²) in [6, 6.07) is 2.07. The molecular weight excluding hydrogens is 218 g/mol. The Morgan fingerprint density at radius 3 is 2.82 bits per heavy atom. The molecule has 92 valence electrons. The van der Waals surface area contributed by atoms with Crippen molar-refractivity contribution in [3.63, 3.8) is 0 Å². The zero-order valence-electron chi connectivity index (χ0n) is 9.86. The third-order valence-corrected chi connectivity index (χ3v) is 2.64. The Morgan fingerprint density at radius 1 is 1.41 bits per heavy atom. The lowest BCUT2D eigenvalue weighted by atomic mass is 10.2. The second-order valence-electron chi connectivity index (χ2n) is 4.00. The first-order valence-corrected chi connectivity index (χ1v) is 5.87. The first-order valence-electron chi connectivity index (χ1n) is 5.87. The summed E-state index contributed by atoms with van der Waals surface area (Å²) in [5, 5.41) is 9.23. The van der Waals surface area contributed by atoms with E-state index in [1.807, 2.05) is 13.0 Å². The number of nitrogens with one attached hydrogen (secondary N) is 3. The van der Waals surface area contributed by atoms with E-state index in [1.54, 1.807) is 0 Å². The highest BCUT2D eigenvalue weighted by Crippen LogP contribution is 2.10. The minimum atomic E-state index is 0.132. The molecule has 1 atom stereocenters. The maximum Gasteiger partial charge on any atom is 0.220 e. The fraction of sp³-hybridized carbons (Fsp3) is 0.545. The number of hydrogen-bond donors (Lipinski definition) is 3. The Balaban J connectivity index is 1.85. The van der Waals surface area contributed by atoms with Gasteiger partial charge in [-0.05, 0) is 13.3 Å². The van der Waals surface area contributed by atoms with Crippen LogP contribution in [0.2, 0.25) is 0 Å². The van der Waals surface area contributed by atoms with Gasteiger partial charge in [0, 0.05) is 31.6 Å². The molecule has 3 N–H and O–H groups in total. The minimum Gasteiger partial charge on any atom is -0.370 e. The molecule has 1 aromatic heterocycles. The maximum absolute atomic E-state index is 11.0. The predicted molar refractivity (Wildman–Crippen MR) is 65.9 cm³/mol. The highest BCUT2D eigenvalue weighted by atomic mass is 16.1. The molecule has 1 fully saturated rings. The second-order valence-corrected chi connectivity index (χ2v) is 4.00. The molecule has 2 rings (SSSR count). The van der Waals surface area contributed by atoms with Gasteiger partial charge >= 0.3 is 0 Å². The number of nitrogens with zero attached hydrogens (tertiary/aromatic N) is 2. The van der Waals surface area contributed by atoms with Gasteiger partial charge in [0.25, 0.3) is 0 Å². The molecule has 1 saturated heterocycles. The summed E-state index contributed by atoms with van der Waals surface area (Å²) in [5.74, 6) is 1.71. The Hall–Kier alpha value is -1.85. The van der Waals surface area contributed by atoms with E-state index in [0.29, 0.717) is 13.0 Å². The molecule has 0 aromatic carbocycles. The van der Waals surface area contributed by atoms with Gasteiger partial charge in [0.1, 0.15) is 18.0 Å². The van der Waals surface area contributed by atoms with Crippen molar-refractivity contribution in [3.05, 3.63) is 12.4 Å². The topological polar surface area (TPSA) is 78.9 Å². The first kappa shape index (κ1) is 11.6. The Labute approximate surface area is 100 Å². The van der Waals surface area contributed by atoms with E-state index >= 15 is 0 Å². The van der Waals surface area contributed by atoms with Crippen LogP contribution >= 0.6 is 0 Å². The van der Waals surface area contributed by atoms with E-state index in [-0.39, 0.29) is 11.9 Å². The van der Waals surface area contributed by atoms with Gasteiger partial charge in [-0.25, -0.2) is 9.97 Å². The standard InChI is InChI=1S/C11H17N5O/c1-2-12-9-5-10(15-7-14-9)13-6-8-3-4-11(17)16-8/h5,7-8H,2-4,6H2,1H3,(H,16,17)(H2,12,13,14,15). The van der Waals surface area contributed by atoms with Crippen molar-refractivity contribution in [2.75, 3.05) is 23.7 Å². The summed E-state index contributed by atoms with van der Waals surface area (Å²) < 4.78 is 0. The lowest BCUT2D eigenvalue weighted by Crippen LogP contribution is -2.32. The van der Waals surface area contributed by atoms with Gasteiger partial charge in [-0.15, -0.1) is 0 Å². The van der Waals surface area contributed by atoms with E-state index in [2.05, 4.69) is 25.9 Å². The normalized spacial score (nSPS) is 18.9. The molecule has 1 amide bonds. The van der Waals surface area contributed by atoms with Crippen LogP contribution in [-0.2, 0) is 4.79 Å². The van der Waals surface area contributed by atoms with Gasteiger partial charge in [-0.3, -0.25) is 4.79 Å². The number of hydrogen-bond acceptors (Lipinski definition) is 5. The average molecular weight is 235 g/mol. The summed E-state index contributed by atoms with van der Waals surface area (Å²) in [5.41, 5.74) is 0. The number of rotatable bonds is 5. The van der Waals surface area contributed by atoms with Crippen LogP contribution in [0.1, 0.15) is 19.8 Å². The molecule has 1 aliphatic heterocycles. The van der Waals surface area contributed by atoms with E-state index in [1.165, 1.54) is 6.33 Å². The number of carbonyl (C=O) groups is 1. The van der Waals surface area contributed by atoms with Crippen LogP contribution in [0.4, 0.5) is 11.6 Å². The lowest BCUT2D eigenvalue weighted by Gasteiger charge is -2.12. The van der Waals surface area contributed by atoms with E-state index in [4.69, 9.17) is 0 Å². The molecule has 0 aliphatic carbocycles. The third kappa shape index (κ3) is 3.30. The summed E-state index contributed by atoms with van der Waals surface area (Å²) >= 11 is 0. The van der Waals surface area contributed by atoms with Crippen LogP contribution in [0.25, 0.3) is 0 Å². The SMILES string of the molecule is CCNc1cc(NCC2CCC(=O)N2)ncn1. The van der Waals surface area contributed by atoms with Gasteiger partial charge in [0.2, 0.25) is 5.91 Å². The maximum atomic E-state index is 11.0. The van der Waals surface area contributed by atoms with Gasteiger partial charge in [-0.2, -0.15) is 0 Å². The molecule has 1 aliphatic rings. The zero-order chi connectivity index (χ0) is 12.1. The fourth-order valence-electron chi connectivity index (χ4n) is 1.79. The molecule has 0 radical (unpaired) electrons. The van der Waals surface area contributed by atoms with Gasteiger partial charge in [0.05, 0.1) is 0 Å². The molecule has 0 spiro atoms. The Morgan fingerprint density at radius 2 is 2.18 bits per heavy atom.